The Bertz CT molecular complexity index is 2800. The largest absolute Gasteiger partial charge is 0.456 e. The molecule has 0 saturated carbocycles. The molecule has 11 rings (SSSR count). The summed E-state index contributed by atoms with van der Waals surface area (Å²) >= 11 is 0. The first-order valence-corrected chi connectivity index (χ1v) is 17.5. The molecule has 0 aliphatic carbocycles. The Labute approximate surface area is 308 Å². The average Bonchev–Trinajstić information content (AvgIpc) is 3.70. The van der Waals surface area contributed by atoms with Gasteiger partial charge in [0.15, 0.2) is 11.5 Å². The Morgan fingerprint density at radius 2 is 0.764 bits per heavy atom. The highest BCUT2D eigenvalue weighted by molar-refractivity contribution is 6.98. The Hall–Kier alpha value is -6.62. The fraction of sp³-hybridized carbons (Fsp3) is 0.0455. The molecule has 2 aliphatic heterocycles. The van der Waals surface area contributed by atoms with Crippen LogP contribution in [0.4, 0.5) is 26.3 Å². The van der Waals surface area contributed by atoms with E-state index in [4.69, 9.17) is 9.47 Å². The predicted octanol–water partition coefficient (Wildman–Crippen LogP) is 10.6. The average molecular weight is 736 g/mol. The second kappa shape index (κ2) is 11.0. The van der Waals surface area contributed by atoms with Crippen LogP contribution in [0.3, 0.4) is 0 Å². The number of hydrogen-bond donors (Lipinski definition) is 0. The highest BCUT2D eigenvalue weighted by atomic mass is 19.4. The molecule has 2 aromatic heterocycles. The van der Waals surface area contributed by atoms with Gasteiger partial charge in [-0.1, -0.05) is 84.9 Å². The number of para-hydroxylation sites is 4. The third-order valence-corrected chi connectivity index (χ3v) is 10.9. The minimum atomic E-state index is -4.72. The molecule has 266 valence electrons. The summed E-state index contributed by atoms with van der Waals surface area (Å²) in [4.78, 5) is 0. The van der Waals surface area contributed by atoms with Crippen molar-refractivity contribution >= 4 is 66.7 Å². The van der Waals surface area contributed by atoms with Gasteiger partial charge in [0.25, 0.3) is 6.71 Å². The first-order chi connectivity index (χ1) is 26.6. The normalized spacial score (nSPS) is 13.5. The van der Waals surface area contributed by atoms with E-state index in [1.807, 2.05) is 112 Å². The van der Waals surface area contributed by atoms with Crippen molar-refractivity contribution in [2.75, 3.05) is 0 Å². The summed E-state index contributed by atoms with van der Waals surface area (Å²) in [5.74, 6) is 0.749. The maximum Gasteiger partial charge on any atom is 0.416 e. The zero-order chi connectivity index (χ0) is 37.4. The molecule has 0 N–H and O–H groups in total. The summed E-state index contributed by atoms with van der Waals surface area (Å²) in [5, 5.41) is 3.83. The molecule has 0 radical (unpaired) electrons. The highest BCUT2D eigenvalue weighted by Crippen LogP contribution is 2.47. The summed E-state index contributed by atoms with van der Waals surface area (Å²) in [6.45, 7) is -1.12. The monoisotopic (exact) mass is 736 g/mol. The molecule has 0 atom stereocenters. The molecule has 0 fully saturated rings. The Morgan fingerprint density at radius 1 is 0.418 bits per heavy atom. The molecule has 0 saturated heterocycles. The minimum absolute atomic E-state index is 0.0833. The Morgan fingerprint density at radius 3 is 1.11 bits per heavy atom. The van der Waals surface area contributed by atoms with Crippen LogP contribution in [-0.4, -0.2) is 15.8 Å². The molecule has 4 nitrogen and oxygen atoms in total. The Kier molecular flexibility index (Phi) is 6.36. The van der Waals surface area contributed by atoms with Crippen LogP contribution in [0.25, 0.3) is 55.0 Å². The van der Waals surface area contributed by atoms with Gasteiger partial charge in [-0.05, 0) is 65.5 Å². The molecule has 55 heavy (non-hydrogen) atoms. The third kappa shape index (κ3) is 4.49. The molecule has 11 heteroatoms. The van der Waals surface area contributed by atoms with E-state index in [1.54, 1.807) is 0 Å². The fourth-order valence-corrected chi connectivity index (χ4v) is 8.60. The molecular weight excluding hydrogens is 713 g/mol. The van der Waals surface area contributed by atoms with Crippen LogP contribution < -0.4 is 25.9 Å². The SMILES string of the molecule is FC(F)(F)c1ccc2c(c1)B1c3cc(C(F)(F)F)ccc3Oc3c(-n4c5ccccc5c5ccccc54)cc(-n4c5ccccc5c5ccccc54)c(c31)O2. The second-order valence-electron chi connectivity index (χ2n) is 13.9. The lowest BCUT2D eigenvalue weighted by atomic mass is 9.34. The van der Waals surface area contributed by atoms with Crippen molar-refractivity contribution in [3.8, 4) is 34.4 Å². The molecule has 7 aromatic carbocycles. The summed E-state index contributed by atoms with van der Waals surface area (Å²) in [7, 11) is 0. The van der Waals surface area contributed by atoms with Gasteiger partial charge in [0.2, 0.25) is 0 Å². The van der Waals surface area contributed by atoms with Crippen molar-refractivity contribution in [1.29, 1.82) is 0 Å². The van der Waals surface area contributed by atoms with E-state index in [0.717, 1.165) is 67.9 Å². The van der Waals surface area contributed by atoms with Gasteiger partial charge in [0.1, 0.15) is 11.5 Å². The molecule has 0 unspecified atom stereocenters. The molecule has 0 spiro atoms. The zero-order valence-corrected chi connectivity index (χ0v) is 28.3. The van der Waals surface area contributed by atoms with Gasteiger partial charge in [-0.15, -0.1) is 0 Å². The molecule has 2 aliphatic rings. The fourth-order valence-electron chi connectivity index (χ4n) is 8.60. The number of aromatic nitrogens is 2. The first-order valence-electron chi connectivity index (χ1n) is 17.5. The maximum atomic E-state index is 14.4. The van der Waals surface area contributed by atoms with Gasteiger partial charge < -0.3 is 18.6 Å². The van der Waals surface area contributed by atoms with Crippen LogP contribution >= 0.6 is 0 Å². The summed E-state index contributed by atoms with van der Waals surface area (Å²) < 4.78 is 104. The van der Waals surface area contributed by atoms with E-state index in [2.05, 4.69) is 0 Å². The zero-order valence-electron chi connectivity index (χ0n) is 28.3. The molecule has 0 bridgehead atoms. The number of alkyl halides is 6. The third-order valence-electron chi connectivity index (χ3n) is 10.9. The first kappa shape index (κ1) is 31.9. The van der Waals surface area contributed by atoms with Crippen LogP contribution in [0.1, 0.15) is 11.1 Å². The van der Waals surface area contributed by atoms with E-state index in [1.165, 1.54) is 12.1 Å². The van der Waals surface area contributed by atoms with Gasteiger partial charge >= 0.3 is 12.4 Å². The lowest BCUT2D eigenvalue weighted by Gasteiger charge is -2.36. The van der Waals surface area contributed by atoms with Crippen LogP contribution in [0, 0.1) is 0 Å². The van der Waals surface area contributed by atoms with Crippen molar-refractivity contribution < 1.29 is 35.8 Å². The minimum Gasteiger partial charge on any atom is -0.456 e. The molecule has 9 aromatic rings. The number of rotatable bonds is 2. The summed E-state index contributed by atoms with van der Waals surface area (Å²) in [6.07, 6.45) is -9.45. The van der Waals surface area contributed by atoms with E-state index >= 15 is 0 Å². The van der Waals surface area contributed by atoms with Crippen molar-refractivity contribution in [2.45, 2.75) is 12.4 Å². The van der Waals surface area contributed by atoms with Crippen LogP contribution in [-0.2, 0) is 12.4 Å². The number of nitrogens with zero attached hydrogens (tertiary/aromatic N) is 2. The van der Waals surface area contributed by atoms with Gasteiger partial charge in [0.05, 0.1) is 44.6 Å². The molecule has 4 heterocycles. The smallest absolute Gasteiger partial charge is 0.416 e. The number of halogens is 6. The predicted molar refractivity (Wildman–Crippen MR) is 203 cm³/mol. The number of benzene rings is 7. The van der Waals surface area contributed by atoms with E-state index in [9.17, 15) is 26.3 Å². The van der Waals surface area contributed by atoms with Gasteiger partial charge in [0, 0.05) is 27.0 Å². The van der Waals surface area contributed by atoms with E-state index < -0.39 is 30.2 Å². The van der Waals surface area contributed by atoms with Crippen molar-refractivity contribution in [3.63, 3.8) is 0 Å². The van der Waals surface area contributed by atoms with Crippen molar-refractivity contribution in [1.82, 2.24) is 9.13 Å². The summed E-state index contributed by atoms with van der Waals surface area (Å²) in [6, 6.07) is 39.7. The number of ether oxygens (including phenoxy) is 2. The lowest BCUT2D eigenvalue weighted by molar-refractivity contribution is -0.138. The van der Waals surface area contributed by atoms with Gasteiger partial charge in [-0.3, -0.25) is 0 Å². The summed E-state index contributed by atoms with van der Waals surface area (Å²) in [5.41, 5.74) is 3.04. The topological polar surface area (TPSA) is 28.3 Å². The van der Waals surface area contributed by atoms with Gasteiger partial charge in [-0.2, -0.15) is 26.3 Å². The molecule has 0 amide bonds. The van der Waals surface area contributed by atoms with Crippen LogP contribution in [0.5, 0.6) is 23.0 Å². The van der Waals surface area contributed by atoms with E-state index in [0.29, 0.717) is 16.8 Å². The van der Waals surface area contributed by atoms with Crippen LogP contribution in [0.2, 0.25) is 0 Å². The van der Waals surface area contributed by atoms with E-state index in [-0.39, 0.29) is 33.9 Å². The Balaban J connectivity index is 1.33. The quantitative estimate of drug-likeness (QED) is 0.131. The second-order valence-corrected chi connectivity index (χ2v) is 13.9. The van der Waals surface area contributed by atoms with Gasteiger partial charge in [-0.25, -0.2) is 0 Å². The van der Waals surface area contributed by atoms with Crippen molar-refractivity contribution in [2.24, 2.45) is 0 Å². The highest BCUT2D eigenvalue weighted by Gasteiger charge is 2.46. The van der Waals surface area contributed by atoms with Crippen molar-refractivity contribution in [3.05, 3.63) is 151 Å². The number of fused-ring (bicyclic) bond motifs is 10. The molecular formula is C44H23BF6N2O2. The standard InChI is InChI=1S/C44H23BF6N2O2/c46-43(47,48)24-17-19-38-30(21-24)45-31-22-25(44(49,50)51)18-20-39(31)55-42-37(53-34-15-7-3-11-28(34)29-12-4-8-16-35(29)53)23-36(41(54-38)40(42)45)52-32-13-5-1-9-26(32)27-10-2-6-14-33(27)52/h1-23H. The lowest BCUT2D eigenvalue weighted by Crippen LogP contribution is -2.58. The van der Waals surface area contributed by atoms with Crippen LogP contribution in [0.15, 0.2) is 140 Å². The number of hydrogen-bond acceptors (Lipinski definition) is 2. The maximum absolute atomic E-state index is 14.4.